The summed E-state index contributed by atoms with van der Waals surface area (Å²) in [6.07, 6.45) is 1.64. The van der Waals surface area contributed by atoms with E-state index in [1.54, 1.807) is 13.4 Å². The number of amides is 1. The maximum Gasteiger partial charge on any atom is 0.236 e. The number of rotatable bonds is 5. The fourth-order valence-corrected chi connectivity index (χ4v) is 3.78. The summed E-state index contributed by atoms with van der Waals surface area (Å²) in [5.74, 6) is 1.01. The quantitative estimate of drug-likeness (QED) is 0.755. The zero-order valence-electron chi connectivity index (χ0n) is 14.8. The van der Waals surface area contributed by atoms with Crippen LogP contribution < -0.4 is 9.64 Å². The van der Waals surface area contributed by atoms with E-state index in [4.69, 9.17) is 4.74 Å². The van der Waals surface area contributed by atoms with Gasteiger partial charge in [-0.25, -0.2) is 0 Å². The first kappa shape index (κ1) is 17.6. The lowest BCUT2D eigenvalue weighted by Gasteiger charge is -2.37. The number of benzene rings is 1. The van der Waals surface area contributed by atoms with Crippen LogP contribution in [-0.2, 0) is 11.8 Å². The summed E-state index contributed by atoms with van der Waals surface area (Å²) >= 11 is 1.45. The van der Waals surface area contributed by atoms with Crippen molar-refractivity contribution in [2.24, 2.45) is 7.05 Å². The van der Waals surface area contributed by atoms with Gasteiger partial charge in [0.2, 0.25) is 5.91 Å². The highest BCUT2D eigenvalue weighted by molar-refractivity contribution is 8.00. The highest BCUT2D eigenvalue weighted by Crippen LogP contribution is 2.29. The number of methoxy groups -OCH3 is 1. The molecule has 7 nitrogen and oxygen atoms in total. The number of aryl methyl sites for hydroxylation is 1. The van der Waals surface area contributed by atoms with Gasteiger partial charge < -0.3 is 19.1 Å². The van der Waals surface area contributed by atoms with Crippen molar-refractivity contribution in [3.63, 3.8) is 0 Å². The largest absolute Gasteiger partial charge is 0.495 e. The zero-order valence-corrected chi connectivity index (χ0v) is 15.6. The number of aromatic nitrogens is 3. The summed E-state index contributed by atoms with van der Waals surface area (Å²) in [5, 5.41) is 8.47. The van der Waals surface area contributed by atoms with Crippen LogP contribution in [0.1, 0.15) is 6.92 Å². The Kier molecular flexibility index (Phi) is 5.47. The first-order chi connectivity index (χ1) is 12.1. The van der Waals surface area contributed by atoms with E-state index in [1.807, 2.05) is 41.6 Å². The van der Waals surface area contributed by atoms with E-state index in [2.05, 4.69) is 21.2 Å². The van der Waals surface area contributed by atoms with E-state index in [0.717, 1.165) is 29.7 Å². The lowest BCUT2D eigenvalue weighted by Crippen LogP contribution is -2.50. The van der Waals surface area contributed by atoms with Crippen LogP contribution in [0.3, 0.4) is 0 Å². The second-order valence-electron chi connectivity index (χ2n) is 5.97. The summed E-state index contributed by atoms with van der Waals surface area (Å²) in [7, 11) is 3.57. The number of piperazine rings is 1. The third-order valence-electron chi connectivity index (χ3n) is 4.32. The molecule has 1 fully saturated rings. The molecule has 0 bridgehead atoms. The van der Waals surface area contributed by atoms with E-state index >= 15 is 0 Å². The SMILES string of the molecule is COc1ccccc1N1CCN(C(=O)C(C)Sc2nncn2C)CC1. The third-order valence-corrected chi connectivity index (χ3v) is 5.45. The molecule has 0 aliphatic carbocycles. The summed E-state index contributed by atoms with van der Waals surface area (Å²) < 4.78 is 7.27. The molecular formula is C17H23N5O2S. The maximum atomic E-state index is 12.7. The predicted octanol–water partition coefficient (Wildman–Crippen LogP) is 1.65. The van der Waals surface area contributed by atoms with Crippen molar-refractivity contribution in [3.05, 3.63) is 30.6 Å². The van der Waals surface area contributed by atoms with Gasteiger partial charge in [0.05, 0.1) is 18.0 Å². The second-order valence-corrected chi connectivity index (χ2v) is 7.28. The number of carbonyl (C=O) groups is 1. The summed E-state index contributed by atoms with van der Waals surface area (Å²) in [5.41, 5.74) is 1.08. The van der Waals surface area contributed by atoms with E-state index in [0.29, 0.717) is 13.1 Å². The van der Waals surface area contributed by atoms with Crippen LogP contribution in [0.15, 0.2) is 35.7 Å². The molecule has 25 heavy (non-hydrogen) atoms. The van der Waals surface area contributed by atoms with Gasteiger partial charge in [-0.05, 0) is 19.1 Å². The van der Waals surface area contributed by atoms with Crippen molar-refractivity contribution in [1.82, 2.24) is 19.7 Å². The summed E-state index contributed by atoms with van der Waals surface area (Å²) in [6, 6.07) is 8.00. The van der Waals surface area contributed by atoms with Crippen LogP contribution >= 0.6 is 11.8 Å². The number of hydrogen-bond acceptors (Lipinski definition) is 6. The molecule has 1 saturated heterocycles. The Hall–Kier alpha value is -2.22. The predicted molar refractivity (Wildman–Crippen MR) is 98.1 cm³/mol. The number of nitrogens with zero attached hydrogens (tertiary/aromatic N) is 5. The number of carbonyl (C=O) groups excluding carboxylic acids is 1. The molecule has 0 saturated carbocycles. The van der Waals surface area contributed by atoms with Crippen molar-refractivity contribution < 1.29 is 9.53 Å². The molecule has 2 heterocycles. The lowest BCUT2D eigenvalue weighted by molar-refractivity contribution is -0.130. The molecule has 3 rings (SSSR count). The van der Waals surface area contributed by atoms with Gasteiger partial charge in [-0.1, -0.05) is 23.9 Å². The number of thioether (sulfide) groups is 1. The van der Waals surface area contributed by atoms with Crippen LogP contribution in [0.25, 0.3) is 0 Å². The molecule has 0 radical (unpaired) electrons. The zero-order chi connectivity index (χ0) is 17.8. The number of ether oxygens (including phenoxy) is 1. The van der Waals surface area contributed by atoms with Gasteiger partial charge >= 0.3 is 0 Å². The molecule has 1 aliphatic rings. The monoisotopic (exact) mass is 361 g/mol. The van der Waals surface area contributed by atoms with Crippen molar-refractivity contribution >= 4 is 23.4 Å². The number of hydrogen-bond donors (Lipinski definition) is 0. The average molecular weight is 361 g/mol. The Balaban J connectivity index is 1.58. The minimum absolute atomic E-state index is 0.146. The van der Waals surface area contributed by atoms with Crippen LogP contribution in [0.2, 0.25) is 0 Å². The first-order valence-electron chi connectivity index (χ1n) is 8.27. The van der Waals surface area contributed by atoms with Crippen molar-refractivity contribution in [2.45, 2.75) is 17.3 Å². The van der Waals surface area contributed by atoms with E-state index in [9.17, 15) is 4.79 Å². The van der Waals surface area contributed by atoms with Gasteiger partial charge in [-0.2, -0.15) is 0 Å². The van der Waals surface area contributed by atoms with Crippen molar-refractivity contribution in [2.75, 3.05) is 38.2 Å². The van der Waals surface area contributed by atoms with Crippen molar-refractivity contribution in [1.29, 1.82) is 0 Å². The topological polar surface area (TPSA) is 63.5 Å². The Morgan fingerprint density at radius 1 is 1.24 bits per heavy atom. The van der Waals surface area contributed by atoms with Gasteiger partial charge in [0, 0.05) is 33.2 Å². The van der Waals surface area contributed by atoms with Gasteiger partial charge in [0.1, 0.15) is 12.1 Å². The smallest absolute Gasteiger partial charge is 0.236 e. The fourth-order valence-electron chi connectivity index (χ4n) is 2.90. The summed E-state index contributed by atoms with van der Waals surface area (Å²) in [4.78, 5) is 16.9. The lowest BCUT2D eigenvalue weighted by atomic mass is 10.2. The Morgan fingerprint density at radius 3 is 2.60 bits per heavy atom. The molecule has 2 aromatic rings. The minimum atomic E-state index is -0.180. The third kappa shape index (κ3) is 3.89. The highest BCUT2D eigenvalue weighted by Gasteiger charge is 2.27. The molecule has 1 atom stereocenters. The second kappa shape index (κ2) is 7.77. The van der Waals surface area contributed by atoms with Crippen LogP contribution in [0, 0.1) is 0 Å². The van der Waals surface area contributed by atoms with Gasteiger partial charge in [-0.15, -0.1) is 10.2 Å². The molecule has 0 N–H and O–H groups in total. The number of anilines is 1. The highest BCUT2D eigenvalue weighted by atomic mass is 32.2. The molecule has 134 valence electrons. The van der Waals surface area contributed by atoms with Crippen LogP contribution in [0.4, 0.5) is 5.69 Å². The molecule has 1 aromatic heterocycles. The van der Waals surface area contributed by atoms with Crippen LogP contribution in [0.5, 0.6) is 5.75 Å². The molecule has 0 spiro atoms. The van der Waals surface area contributed by atoms with E-state index < -0.39 is 0 Å². The molecule has 1 aliphatic heterocycles. The van der Waals surface area contributed by atoms with Gasteiger partial charge in [0.25, 0.3) is 0 Å². The summed E-state index contributed by atoms with van der Waals surface area (Å²) in [6.45, 7) is 4.94. The maximum absolute atomic E-state index is 12.7. The molecule has 1 aromatic carbocycles. The normalized spacial score (nSPS) is 16.0. The van der Waals surface area contributed by atoms with Gasteiger partial charge in [-0.3, -0.25) is 4.79 Å². The van der Waals surface area contributed by atoms with Crippen molar-refractivity contribution in [3.8, 4) is 5.75 Å². The van der Waals surface area contributed by atoms with Crippen LogP contribution in [-0.4, -0.2) is 64.1 Å². The average Bonchev–Trinajstić information content (AvgIpc) is 3.05. The minimum Gasteiger partial charge on any atom is -0.495 e. The Labute approximate surface area is 152 Å². The van der Waals surface area contributed by atoms with E-state index in [-0.39, 0.29) is 11.2 Å². The molecule has 8 heteroatoms. The van der Waals surface area contributed by atoms with E-state index in [1.165, 1.54) is 11.8 Å². The number of para-hydroxylation sites is 2. The molecule has 1 unspecified atom stereocenters. The standard InChI is InChI=1S/C17H23N5O2S/c1-13(25-17-19-18-12-20(17)2)16(23)22-10-8-21(9-11-22)14-6-4-5-7-15(14)24-3/h4-7,12-13H,8-11H2,1-3H3. The molecule has 1 amide bonds. The Bertz CT molecular complexity index is 727. The molecular weight excluding hydrogens is 338 g/mol. The fraction of sp³-hybridized carbons (Fsp3) is 0.471. The first-order valence-corrected chi connectivity index (χ1v) is 9.15. The Morgan fingerprint density at radius 2 is 1.96 bits per heavy atom. The van der Waals surface area contributed by atoms with Gasteiger partial charge in [0.15, 0.2) is 5.16 Å².